The quantitative estimate of drug-likeness (QED) is 0.159. The van der Waals surface area contributed by atoms with Crippen LogP contribution in [0.4, 0.5) is 28.0 Å². The van der Waals surface area contributed by atoms with Gasteiger partial charge in [0.05, 0.1) is 24.2 Å². The van der Waals surface area contributed by atoms with Gasteiger partial charge in [-0.2, -0.15) is 4.99 Å². The number of aliphatic imine (C=N–C) groups is 1. The summed E-state index contributed by atoms with van der Waals surface area (Å²) in [4.78, 5) is 35.1. The Kier molecular flexibility index (Phi) is 9.60. The van der Waals surface area contributed by atoms with Crippen LogP contribution in [0, 0.1) is 0 Å². The van der Waals surface area contributed by atoms with Gasteiger partial charge in [-0.25, -0.2) is 18.9 Å². The van der Waals surface area contributed by atoms with Gasteiger partial charge in [-0.3, -0.25) is 9.69 Å². The van der Waals surface area contributed by atoms with Gasteiger partial charge in [0.25, 0.3) is 0 Å². The maximum Gasteiger partial charge on any atom is 0.573 e. The highest BCUT2D eigenvalue weighted by molar-refractivity contribution is 8.15. The highest BCUT2D eigenvalue weighted by atomic mass is 32.2. The number of hydrogen-bond donors (Lipinski definition) is 1. The van der Waals surface area contributed by atoms with Crippen LogP contribution in [0.25, 0.3) is 17.1 Å². The zero-order valence-corrected chi connectivity index (χ0v) is 25.6. The number of carbonyl (C=O) groups is 2. The summed E-state index contributed by atoms with van der Waals surface area (Å²) in [5, 5.41) is 6.71. The highest BCUT2D eigenvalue weighted by Gasteiger charge is 2.33. The molecule has 0 radical (unpaired) electrons. The van der Waals surface area contributed by atoms with Gasteiger partial charge in [-0.1, -0.05) is 55.9 Å². The highest BCUT2D eigenvalue weighted by Crippen LogP contribution is 2.36. The van der Waals surface area contributed by atoms with Crippen molar-refractivity contribution in [1.29, 1.82) is 0 Å². The molecule has 0 aliphatic carbocycles. The Morgan fingerprint density at radius 2 is 1.76 bits per heavy atom. The van der Waals surface area contributed by atoms with E-state index in [0.717, 1.165) is 17.3 Å². The van der Waals surface area contributed by atoms with E-state index in [-0.39, 0.29) is 34.9 Å². The Bertz CT molecular complexity index is 1740. The molecular formula is C31H28F4N6O4S. The van der Waals surface area contributed by atoms with E-state index in [1.54, 1.807) is 36.4 Å². The second kappa shape index (κ2) is 13.6. The third-order valence-corrected chi connectivity index (χ3v) is 7.72. The Morgan fingerprint density at radius 3 is 2.41 bits per heavy atom. The fourth-order valence-electron chi connectivity index (χ4n) is 4.64. The van der Waals surface area contributed by atoms with Crippen LogP contribution in [-0.2, 0) is 11.2 Å². The van der Waals surface area contributed by atoms with Crippen molar-refractivity contribution in [3.05, 3.63) is 84.2 Å². The van der Waals surface area contributed by atoms with E-state index in [4.69, 9.17) is 4.74 Å². The average Bonchev–Trinajstić information content (AvgIpc) is 3.63. The molecule has 2 heterocycles. The number of nitrogens with zero attached hydrogens (tertiary/aromatic N) is 5. The molecule has 5 rings (SSSR count). The van der Waals surface area contributed by atoms with E-state index in [1.165, 1.54) is 47.3 Å². The normalized spacial score (nSPS) is 15.0. The molecule has 240 valence electrons. The molecule has 1 aliphatic rings. The fraction of sp³-hybridized carbons (Fsp3) is 0.258. The molecule has 1 fully saturated rings. The van der Waals surface area contributed by atoms with E-state index in [9.17, 15) is 27.2 Å². The summed E-state index contributed by atoms with van der Waals surface area (Å²) in [6.45, 7) is 3.96. The van der Waals surface area contributed by atoms with Gasteiger partial charge in [-0.05, 0) is 47.4 Å². The molecule has 46 heavy (non-hydrogen) atoms. The summed E-state index contributed by atoms with van der Waals surface area (Å²) in [6.07, 6.45) is -5.28. The van der Waals surface area contributed by atoms with E-state index in [0.29, 0.717) is 34.1 Å². The van der Waals surface area contributed by atoms with Gasteiger partial charge in [0.1, 0.15) is 17.8 Å². The molecule has 1 saturated heterocycles. The topological polar surface area (TPSA) is 111 Å². The van der Waals surface area contributed by atoms with Gasteiger partial charge in [-0.15, -0.1) is 18.3 Å². The first-order chi connectivity index (χ1) is 21.9. The van der Waals surface area contributed by atoms with Crippen LogP contribution in [0.3, 0.4) is 0 Å². The standard InChI is InChI=1S/C31H28F4N6O4S/c1-18(2)24-13-12-23(44-3)15-25(24)41-27(42)16-46-30(41)38-29(43)37-26(32)14-19-4-6-20(7-5-19)28-36-17-40(39-28)21-8-10-22(11-9-21)45-31(33,34)35/h4-13,15,17-18,26H,14,16H2,1-3H3,(H,37,43)/b38-30+. The lowest BCUT2D eigenvalue weighted by Crippen LogP contribution is -2.34. The van der Waals surface area contributed by atoms with Crippen molar-refractivity contribution in [3.8, 4) is 28.6 Å². The predicted octanol–water partition coefficient (Wildman–Crippen LogP) is 6.65. The van der Waals surface area contributed by atoms with Crippen molar-refractivity contribution >= 4 is 34.6 Å². The molecular weight excluding hydrogens is 628 g/mol. The minimum atomic E-state index is -4.79. The smallest absolute Gasteiger partial charge is 0.497 e. The largest absolute Gasteiger partial charge is 0.573 e. The molecule has 4 aromatic rings. The van der Waals surface area contributed by atoms with Crippen LogP contribution in [0.1, 0.15) is 30.9 Å². The lowest BCUT2D eigenvalue weighted by atomic mass is 10.00. The van der Waals surface area contributed by atoms with Crippen LogP contribution >= 0.6 is 11.8 Å². The molecule has 0 bridgehead atoms. The Hall–Kier alpha value is -4.92. The summed E-state index contributed by atoms with van der Waals surface area (Å²) >= 11 is 1.09. The number of amides is 3. The van der Waals surface area contributed by atoms with Crippen molar-refractivity contribution < 1.29 is 36.6 Å². The molecule has 1 N–H and O–H groups in total. The molecule has 1 aromatic heterocycles. The van der Waals surface area contributed by atoms with Crippen LogP contribution in [0.15, 0.2) is 78.0 Å². The first-order valence-electron chi connectivity index (χ1n) is 13.9. The van der Waals surface area contributed by atoms with E-state index >= 15 is 0 Å². The Labute approximate surface area is 265 Å². The number of urea groups is 1. The van der Waals surface area contributed by atoms with Crippen LogP contribution in [0.5, 0.6) is 11.5 Å². The maximum absolute atomic E-state index is 14.9. The number of thioether (sulfide) groups is 1. The summed E-state index contributed by atoms with van der Waals surface area (Å²) < 4.78 is 62.7. The number of amidine groups is 1. The van der Waals surface area contributed by atoms with Crippen molar-refractivity contribution in [2.45, 2.75) is 38.8 Å². The van der Waals surface area contributed by atoms with Crippen molar-refractivity contribution in [1.82, 2.24) is 20.1 Å². The van der Waals surface area contributed by atoms with Crippen LogP contribution < -0.4 is 19.7 Å². The lowest BCUT2D eigenvalue weighted by molar-refractivity contribution is -0.274. The molecule has 0 saturated carbocycles. The maximum atomic E-state index is 14.9. The van der Waals surface area contributed by atoms with Gasteiger partial charge in [0, 0.05) is 18.1 Å². The number of methoxy groups -OCH3 is 1. The lowest BCUT2D eigenvalue weighted by Gasteiger charge is -2.22. The summed E-state index contributed by atoms with van der Waals surface area (Å²) in [7, 11) is 1.52. The molecule has 10 nitrogen and oxygen atoms in total. The number of anilines is 1. The van der Waals surface area contributed by atoms with E-state index in [2.05, 4.69) is 25.1 Å². The monoisotopic (exact) mass is 656 g/mol. The predicted molar refractivity (Wildman–Crippen MR) is 165 cm³/mol. The average molecular weight is 657 g/mol. The number of nitrogens with one attached hydrogen (secondary N) is 1. The minimum Gasteiger partial charge on any atom is -0.497 e. The van der Waals surface area contributed by atoms with E-state index < -0.39 is 18.7 Å². The first-order valence-corrected chi connectivity index (χ1v) is 14.9. The van der Waals surface area contributed by atoms with Gasteiger partial charge < -0.3 is 14.8 Å². The number of aromatic nitrogens is 3. The number of ether oxygens (including phenoxy) is 2. The van der Waals surface area contributed by atoms with E-state index in [1.807, 2.05) is 19.9 Å². The molecule has 3 aromatic carbocycles. The van der Waals surface area contributed by atoms with Gasteiger partial charge >= 0.3 is 12.4 Å². The first kappa shape index (κ1) is 32.5. The molecule has 1 atom stereocenters. The van der Waals surface area contributed by atoms with Crippen molar-refractivity contribution in [2.24, 2.45) is 4.99 Å². The summed E-state index contributed by atoms with van der Waals surface area (Å²) in [6, 6.07) is 16.3. The van der Waals surface area contributed by atoms with Gasteiger partial charge in [0.2, 0.25) is 5.91 Å². The van der Waals surface area contributed by atoms with Crippen molar-refractivity contribution in [3.63, 3.8) is 0 Å². The number of halogens is 4. The second-order valence-electron chi connectivity index (χ2n) is 10.4. The SMILES string of the molecule is COc1ccc(C(C)C)c(N2C(=O)CS/C2=N/C(=O)NC(F)Cc2ccc(-c3ncn(-c4ccc(OC(F)(F)F)cc4)n3)cc2)c1. The molecule has 1 unspecified atom stereocenters. The fourth-order valence-corrected chi connectivity index (χ4v) is 5.49. The number of benzene rings is 3. The molecule has 0 spiro atoms. The van der Waals surface area contributed by atoms with Crippen LogP contribution in [-0.4, -0.2) is 57.4 Å². The minimum absolute atomic E-state index is 0.0741. The Morgan fingerprint density at radius 1 is 1.07 bits per heavy atom. The summed E-state index contributed by atoms with van der Waals surface area (Å²) in [5.74, 6) is 0.432. The third-order valence-electron chi connectivity index (χ3n) is 6.80. The zero-order valence-electron chi connectivity index (χ0n) is 24.8. The zero-order chi connectivity index (χ0) is 33.0. The molecule has 15 heteroatoms. The third kappa shape index (κ3) is 7.83. The molecule has 3 amide bonds. The number of hydrogen-bond acceptors (Lipinski definition) is 7. The van der Waals surface area contributed by atoms with Gasteiger partial charge in [0.15, 0.2) is 17.3 Å². The summed E-state index contributed by atoms with van der Waals surface area (Å²) in [5.41, 5.74) is 3.09. The van der Waals surface area contributed by atoms with Crippen molar-refractivity contribution in [2.75, 3.05) is 17.8 Å². The Balaban J connectivity index is 1.21. The van der Waals surface area contributed by atoms with Crippen LogP contribution in [0.2, 0.25) is 0 Å². The second-order valence-corrected chi connectivity index (χ2v) is 11.3. The molecule has 1 aliphatic heterocycles. The number of alkyl halides is 4. The number of rotatable bonds is 9. The number of carbonyl (C=O) groups excluding carboxylic acids is 2.